The molecule has 1 aromatic carbocycles. The highest BCUT2D eigenvalue weighted by molar-refractivity contribution is 5.85. The van der Waals surface area contributed by atoms with Crippen LogP contribution in [0.5, 0.6) is 0 Å². The summed E-state index contributed by atoms with van der Waals surface area (Å²) in [5.41, 5.74) is 8.11. The van der Waals surface area contributed by atoms with Crippen molar-refractivity contribution in [3.05, 3.63) is 35.4 Å². The number of hydrogen-bond donors (Lipinski definition) is 1. The van der Waals surface area contributed by atoms with Crippen LogP contribution in [0, 0.1) is 6.92 Å². The molecular formula is C15H23ClN2O2. The van der Waals surface area contributed by atoms with E-state index < -0.39 is 6.04 Å². The van der Waals surface area contributed by atoms with Crippen LogP contribution in [0.4, 0.5) is 0 Å². The minimum Gasteiger partial charge on any atom is -0.380 e. The highest BCUT2D eigenvalue weighted by atomic mass is 35.5. The van der Waals surface area contributed by atoms with Gasteiger partial charge < -0.3 is 15.4 Å². The number of hydrogen-bond acceptors (Lipinski definition) is 3. The first kappa shape index (κ1) is 17.0. The van der Waals surface area contributed by atoms with Gasteiger partial charge in [0.2, 0.25) is 5.91 Å². The third-order valence-electron chi connectivity index (χ3n) is 3.73. The molecule has 2 rings (SSSR count). The highest BCUT2D eigenvalue weighted by Crippen LogP contribution is 2.18. The zero-order chi connectivity index (χ0) is 13.8. The molecule has 0 radical (unpaired) electrons. The average Bonchev–Trinajstić information content (AvgIpc) is 2.46. The van der Waals surface area contributed by atoms with E-state index in [1.54, 1.807) is 7.11 Å². The highest BCUT2D eigenvalue weighted by Gasteiger charge is 2.27. The summed E-state index contributed by atoms with van der Waals surface area (Å²) in [6, 6.07) is 7.25. The fourth-order valence-corrected chi connectivity index (χ4v) is 2.44. The second-order valence-corrected chi connectivity index (χ2v) is 5.17. The summed E-state index contributed by atoms with van der Waals surface area (Å²) in [5.74, 6) is -0.00870. The zero-order valence-electron chi connectivity index (χ0n) is 12.0. The predicted octanol–water partition coefficient (Wildman–Crippen LogP) is 2.05. The van der Waals surface area contributed by atoms with Gasteiger partial charge in [0.25, 0.3) is 0 Å². The molecule has 1 fully saturated rings. The number of nitrogens with zero attached hydrogens (tertiary/aromatic N) is 1. The molecule has 0 spiro atoms. The first-order valence-corrected chi connectivity index (χ1v) is 6.75. The summed E-state index contributed by atoms with van der Waals surface area (Å²) >= 11 is 0. The molecule has 0 bridgehead atoms. The lowest BCUT2D eigenvalue weighted by Gasteiger charge is -2.33. The normalized spacial score (nSPS) is 20.1. The number of aryl methyl sites for hydroxylation is 1. The van der Waals surface area contributed by atoms with E-state index in [9.17, 15) is 4.79 Å². The molecule has 5 heteroatoms. The number of piperidine rings is 1. The number of likely N-dealkylation sites (tertiary alicyclic amines) is 1. The Balaban J connectivity index is 0.00000200. The number of halogens is 1. The van der Waals surface area contributed by atoms with Crippen LogP contribution in [0.15, 0.2) is 24.3 Å². The number of methoxy groups -OCH3 is 1. The van der Waals surface area contributed by atoms with Crippen molar-refractivity contribution >= 4 is 18.3 Å². The Morgan fingerprint density at radius 3 is 2.65 bits per heavy atom. The van der Waals surface area contributed by atoms with Crippen LogP contribution in [0.1, 0.15) is 30.0 Å². The fraction of sp³-hybridized carbons (Fsp3) is 0.533. The molecule has 112 valence electrons. The number of carbonyl (C=O) groups is 1. The summed E-state index contributed by atoms with van der Waals surface area (Å²) in [4.78, 5) is 14.2. The molecule has 0 aromatic heterocycles. The van der Waals surface area contributed by atoms with Crippen LogP contribution >= 0.6 is 12.4 Å². The maximum Gasteiger partial charge on any atom is 0.244 e. The number of benzene rings is 1. The average molecular weight is 299 g/mol. The van der Waals surface area contributed by atoms with Crippen LogP contribution in [-0.4, -0.2) is 37.1 Å². The van der Waals surface area contributed by atoms with Crippen molar-refractivity contribution in [3.63, 3.8) is 0 Å². The van der Waals surface area contributed by atoms with Crippen molar-refractivity contribution in [2.24, 2.45) is 5.73 Å². The molecule has 1 aliphatic rings. The van der Waals surface area contributed by atoms with Crippen LogP contribution in [0.25, 0.3) is 0 Å². The Morgan fingerprint density at radius 1 is 1.40 bits per heavy atom. The topological polar surface area (TPSA) is 55.6 Å². The monoisotopic (exact) mass is 298 g/mol. The quantitative estimate of drug-likeness (QED) is 0.929. The lowest BCUT2D eigenvalue weighted by molar-refractivity contribution is -0.136. The molecule has 1 aromatic rings. The standard InChI is InChI=1S/C15H22N2O2.ClH/c1-11-5-7-12(8-6-11)14(16)15(18)17-9-3-4-13(10-17)19-2;/h5-8,13-14H,3-4,9-10,16H2,1-2H3;1H. The molecule has 1 aliphatic heterocycles. The lowest BCUT2D eigenvalue weighted by Crippen LogP contribution is -2.46. The second-order valence-electron chi connectivity index (χ2n) is 5.17. The molecule has 0 saturated carbocycles. The summed E-state index contributed by atoms with van der Waals surface area (Å²) in [5, 5.41) is 0. The Kier molecular flexibility index (Phi) is 6.46. The molecule has 20 heavy (non-hydrogen) atoms. The van der Waals surface area contributed by atoms with Crippen molar-refractivity contribution < 1.29 is 9.53 Å². The predicted molar refractivity (Wildman–Crippen MR) is 82.0 cm³/mol. The number of rotatable bonds is 3. The van der Waals surface area contributed by atoms with Gasteiger partial charge in [0.1, 0.15) is 6.04 Å². The van der Waals surface area contributed by atoms with Gasteiger partial charge in [-0.25, -0.2) is 0 Å². The van der Waals surface area contributed by atoms with Crippen molar-refractivity contribution in [2.75, 3.05) is 20.2 Å². The maximum absolute atomic E-state index is 12.4. The van der Waals surface area contributed by atoms with Crippen molar-refractivity contribution in [2.45, 2.75) is 31.9 Å². The van der Waals surface area contributed by atoms with E-state index in [1.165, 1.54) is 5.56 Å². The minimum absolute atomic E-state index is 0. The number of nitrogens with two attached hydrogens (primary N) is 1. The summed E-state index contributed by atoms with van der Waals surface area (Å²) in [7, 11) is 1.69. The van der Waals surface area contributed by atoms with Crippen LogP contribution in [0.3, 0.4) is 0 Å². The van der Waals surface area contributed by atoms with Gasteiger partial charge in [0, 0.05) is 20.2 Å². The van der Waals surface area contributed by atoms with E-state index >= 15 is 0 Å². The molecule has 1 amide bonds. The summed E-state index contributed by atoms with van der Waals surface area (Å²) in [6.07, 6.45) is 2.13. The maximum atomic E-state index is 12.4. The molecule has 2 atom stereocenters. The summed E-state index contributed by atoms with van der Waals surface area (Å²) < 4.78 is 5.34. The minimum atomic E-state index is -0.573. The Bertz CT molecular complexity index is 436. The molecule has 4 nitrogen and oxygen atoms in total. The van der Waals surface area contributed by atoms with Gasteiger partial charge in [-0.3, -0.25) is 4.79 Å². The van der Waals surface area contributed by atoms with E-state index in [0.29, 0.717) is 6.54 Å². The van der Waals surface area contributed by atoms with E-state index in [2.05, 4.69) is 0 Å². The molecule has 1 heterocycles. The van der Waals surface area contributed by atoms with Gasteiger partial charge in [0.05, 0.1) is 6.10 Å². The third kappa shape index (κ3) is 3.95. The van der Waals surface area contributed by atoms with E-state index in [0.717, 1.165) is 24.9 Å². The molecule has 0 aliphatic carbocycles. The first-order chi connectivity index (χ1) is 9.11. The molecule has 1 saturated heterocycles. The van der Waals surface area contributed by atoms with Crippen molar-refractivity contribution in [1.29, 1.82) is 0 Å². The number of carbonyl (C=O) groups excluding carboxylic acids is 1. The lowest BCUT2D eigenvalue weighted by atomic mass is 10.0. The van der Waals surface area contributed by atoms with E-state index in [1.807, 2.05) is 36.1 Å². The second kappa shape index (κ2) is 7.62. The van der Waals surface area contributed by atoms with Gasteiger partial charge in [-0.1, -0.05) is 29.8 Å². The Hall–Kier alpha value is -1.10. The van der Waals surface area contributed by atoms with Gasteiger partial charge in [-0.05, 0) is 25.3 Å². The van der Waals surface area contributed by atoms with E-state index in [4.69, 9.17) is 10.5 Å². The fourth-order valence-electron chi connectivity index (χ4n) is 2.44. The van der Waals surface area contributed by atoms with Gasteiger partial charge in [-0.2, -0.15) is 0 Å². The van der Waals surface area contributed by atoms with Crippen LogP contribution < -0.4 is 5.73 Å². The summed E-state index contributed by atoms with van der Waals surface area (Å²) in [6.45, 7) is 3.44. The van der Waals surface area contributed by atoms with Crippen LogP contribution in [0.2, 0.25) is 0 Å². The smallest absolute Gasteiger partial charge is 0.244 e. The van der Waals surface area contributed by atoms with Gasteiger partial charge in [-0.15, -0.1) is 12.4 Å². The molecule has 2 N–H and O–H groups in total. The molecule has 2 unspecified atom stereocenters. The third-order valence-corrected chi connectivity index (χ3v) is 3.73. The van der Waals surface area contributed by atoms with Crippen molar-refractivity contribution in [1.82, 2.24) is 4.90 Å². The largest absolute Gasteiger partial charge is 0.380 e. The van der Waals surface area contributed by atoms with Crippen molar-refractivity contribution in [3.8, 4) is 0 Å². The van der Waals surface area contributed by atoms with E-state index in [-0.39, 0.29) is 24.4 Å². The SMILES string of the molecule is COC1CCCN(C(=O)C(N)c2ccc(C)cc2)C1.Cl. The first-order valence-electron chi connectivity index (χ1n) is 6.75. The van der Waals surface area contributed by atoms with Crippen LogP contribution in [-0.2, 0) is 9.53 Å². The molecular weight excluding hydrogens is 276 g/mol. The number of amides is 1. The van der Waals surface area contributed by atoms with Gasteiger partial charge >= 0.3 is 0 Å². The Morgan fingerprint density at radius 2 is 2.05 bits per heavy atom. The Labute approximate surface area is 126 Å². The number of ether oxygens (including phenoxy) is 1. The van der Waals surface area contributed by atoms with Gasteiger partial charge in [0.15, 0.2) is 0 Å². The zero-order valence-corrected chi connectivity index (χ0v) is 12.9.